The van der Waals surface area contributed by atoms with Crippen molar-refractivity contribution in [2.75, 3.05) is 20.1 Å². The highest BCUT2D eigenvalue weighted by Gasteiger charge is 2.52. The average Bonchev–Trinajstić information content (AvgIpc) is 2.58. The van der Waals surface area contributed by atoms with Crippen LogP contribution < -0.4 is 0 Å². The molecule has 0 saturated carbocycles. The van der Waals surface area contributed by atoms with Gasteiger partial charge in [-0.25, -0.2) is 4.79 Å². The third-order valence-electron chi connectivity index (χ3n) is 5.12. The molecule has 0 amide bonds. The third kappa shape index (κ3) is 2.96. The van der Waals surface area contributed by atoms with Crippen molar-refractivity contribution in [3.8, 4) is 0 Å². The fourth-order valence-corrected chi connectivity index (χ4v) is 3.85. The fraction of sp³-hybridized carbons (Fsp3) is 0.381. The number of ether oxygens (including phenoxy) is 1. The van der Waals surface area contributed by atoms with Crippen LogP contribution in [0.2, 0.25) is 0 Å². The van der Waals surface area contributed by atoms with Crippen molar-refractivity contribution in [1.82, 2.24) is 4.90 Å². The standard InChI is InChI=1S/C21H25NO2/c1-20(2)16-22(3)15-14-21(20,18-12-8-5-9-13-18)24-19(23)17-10-6-4-7-11-17/h4-13H,14-16H2,1-3H3/t21-/m1/s1. The first-order valence-corrected chi connectivity index (χ1v) is 8.47. The molecule has 1 heterocycles. The number of esters is 1. The molecule has 0 N–H and O–H groups in total. The Bertz CT molecular complexity index is 696. The van der Waals surface area contributed by atoms with Crippen molar-refractivity contribution in [1.29, 1.82) is 0 Å². The van der Waals surface area contributed by atoms with E-state index < -0.39 is 5.60 Å². The molecular formula is C21H25NO2. The number of likely N-dealkylation sites (tertiary alicyclic amines) is 1. The van der Waals surface area contributed by atoms with Gasteiger partial charge in [-0.2, -0.15) is 0 Å². The number of rotatable bonds is 3. The highest BCUT2D eigenvalue weighted by atomic mass is 16.6. The maximum atomic E-state index is 12.8. The van der Waals surface area contributed by atoms with Crippen molar-refractivity contribution in [3.05, 3.63) is 71.8 Å². The molecule has 0 radical (unpaired) electrons. The second-order valence-electron chi connectivity index (χ2n) is 7.32. The lowest BCUT2D eigenvalue weighted by atomic mass is 9.66. The minimum atomic E-state index is -0.617. The second kappa shape index (κ2) is 6.40. The van der Waals surface area contributed by atoms with Crippen molar-refractivity contribution >= 4 is 5.97 Å². The molecule has 2 aromatic rings. The lowest BCUT2D eigenvalue weighted by Crippen LogP contribution is -2.56. The average molecular weight is 323 g/mol. The minimum absolute atomic E-state index is 0.189. The summed E-state index contributed by atoms with van der Waals surface area (Å²) in [5.41, 5.74) is 0.870. The van der Waals surface area contributed by atoms with Crippen LogP contribution >= 0.6 is 0 Å². The van der Waals surface area contributed by atoms with Gasteiger partial charge in [-0.05, 0) is 24.7 Å². The molecule has 2 aromatic carbocycles. The van der Waals surface area contributed by atoms with Crippen LogP contribution in [0.15, 0.2) is 60.7 Å². The summed E-state index contributed by atoms with van der Waals surface area (Å²) in [5.74, 6) is -0.253. The number of carbonyl (C=O) groups is 1. The molecule has 0 spiro atoms. The Hall–Kier alpha value is -2.13. The summed E-state index contributed by atoms with van der Waals surface area (Å²) < 4.78 is 6.25. The SMILES string of the molecule is CN1CC[C@@](OC(=O)c2ccccc2)(c2ccccc2)C(C)(C)C1. The van der Waals surface area contributed by atoms with Gasteiger partial charge in [-0.1, -0.05) is 62.4 Å². The van der Waals surface area contributed by atoms with E-state index in [1.54, 1.807) is 0 Å². The molecule has 1 aliphatic rings. The number of hydrogen-bond donors (Lipinski definition) is 0. The van der Waals surface area contributed by atoms with Crippen LogP contribution in [0.1, 0.15) is 36.2 Å². The first kappa shape index (κ1) is 16.7. The van der Waals surface area contributed by atoms with E-state index in [9.17, 15) is 4.79 Å². The molecule has 3 heteroatoms. The molecular weight excluding hydrogens is 298 g/mol. The van der Waals surface area contributed by atoms with E-state index in [2.05, 4.69) is 37.9 Å². The smallest absolute Gasteiger partial charge is 0.339 e. The van der Waals surface area contributed by atoms with Gasteiger partial charge in [0.1, 0.15) is 5.60 Å². The van der Waals surface area contributed by atoms with Gasteiger partial charge in [0.15, 0.2) is 0 Å². The summed E-state index contributed by atoms with van der Waals surface area (Å²) in [5, 5.41) is 0. The Morgan fingerprint density at radius 2 is 1.58 bits per heavy atom. The van der Waals surface area contributed by atoms with Crippen LogP contribution in [0.5, 0.6) is 0 Å². The van der Waals surface area contributed by atoms with E-state index in [1.807, 2.05) is 48.5 Å². The molecule has 24 heavy (non-hydrogen) atoms. The molecule has 1 aliphatic heterocycles. The zero-order valence-corrected chi connectivity index (χ0v) is 14.7. The van der Waals surface area contributed by atoms with Gasteiger partial charge in [0.05, 0.1) is 5.56 Å². The lowest BCUT2D eigenvalue weighted by Gasteiger charge is -2.52. The third-order valence-corrected chi connectivity index (χ3v) is 5.12. The number of nitrogens with zero attached hydrogens (tertiary/aromatic N) is 1. The van der Waals surface area contributed by atoms with Crippen LogP contribution in [0, 0.1) is 5.41 Å². The van der Waals surface area contributed by atoms with Crippen molar-refractivity contribution in [2.45, 2.75) is 25.9 Å². The summed E-state index contributed by atoms with van der Waals surface area (Å²) in [6.45, 7) is 6.16. The molecule has 0 aromatic heterocycles. The van der Waals surface area contributed by atoms with Gasteiger partial charge < -0.3 is 9.64 Å². The van der Waals surface area contributed by atoms with Crippen molar-refractivity contribution < 1.29 is 9.53 Å². The van der Waals surface area contributed by atoms with Crippen LogP contribution in [-0.2, 0) is 10.3 Å². The summed E-state index contributed by atoms with van der Waals surface area (Å²) in [6, 6.07) is 19.4. The summed E-state index contributed by atoms with van der Waals surface area (Å²) >= 11 is 0. The predicted molar refractivity (Wildman–Crippen MR) is 95.9 cm³/mol. The van der Waals surface area contributed by atoms with Gasteiger partial charge in [-0.3, -0.25) is 0 Å². The Labute approximate surface area is 144 Å². The lowest BCUT2D eigenvalue weighted by molar-refractivity contribution is -0.130. The monoisotopic (exact) mass is 323 g/mol. The van der Waals surface area contributed by atoms with Crippen LogP contribution in [0.3, 0.4) is 0 Å². The Balaban J connectivity index is 2.02. The van der Waals surface area contributed by atoms with Crippen molar-refractivity contribution in [3.63, 3.8) is 0 Å². The molecule has 0 aliphatic carbocycles. The van der Waals surface area contributed by atoms with E-state index in [4.69, 9.17) is 4.74 Å². The zero-order chi connectivity index (χ0) is 17.2. The normalized spacial score (nSPS) is 23.6. The first-order chi connectivity index (χ1) is 11.4. The molecule has 1 saturated heterocycles. The first-order valence-electron chi connectivity index (χ1n) is 8.47. The van der Waals surface area contributed by atoms with Crippen molar-refractivity contribution in [2.24, 2.45) is 5.41 Å². The zero-order valence-electron chi connectivity index (χ0n) is 14.7. The Morgan fingerprint density at radius 1 is 1.00 bits per heavy atom. The van der Waals surface area contributed by atoms with E-state index in [0.29, 0.717) is 5.56 Å². The highest BCUT2D eigenvalue weighted by molar-refractivity contribution is 5.89. The van der Waals surface area contributed by atoms with Crippen LogP contribution in [0.4, 0.5) is 0 Å². The maximum Gasteiger partial charge on any atom is 0.339 e. The van der Waals surface area contributed by atoms with E-state index in [-0.39, 0.29) is 11.4 Å². The number of carbonyl (C=O) groups excluding carboxylic acids is 1. The van der Waals surface area contributed by atoms with Gasteiger partial charge in [0.2, 0.25) is 0 Å². The molecule has 0 unspecified atom stereocenters. The Kier molecular flexibility index (Phi) is 4.46. The molecule has 126 valence electrons. The summed E-state index contributed by atoms with van der Waals surface area (Å²) in [6.07, 6.45) is 0.791. The number of piperidine rings is 1. The number of benzene rings is 2. The molecule has 1 atom stereocenters. The maximum absolute atomic E-state index is 12.8. The molecule has 3 nitrogen and oxygen atoms in total. The summed E-state index contributed by atoms with van der Waals surface area (Å²) in [4.78, 5) is 15.1. The summed E-state index contributed by atoms with van der Waals surface area (Å²) in [7, 11) is 2.12. The topological polar surface area (TPSA) is 29.5 Å². The largest absolute Gasteiger partial charge is 0.450 e. The van der Waals surface area contributed by atoms with E-state index >= 15 is 0 Å². The van der Waals surface area contributed by atoms with E-state index in [0.717, 1.165) is 25.1 Å². The van der Waals surface area contributed by atoms with Crippen LogP contribution in [-0.4, -0.2) is 31.0 Å². The predicted octanol–water partition coefficient (Wildman–Crippen LogP) is 4.10. The highest BCUT2D eigenvalue weighted by Crippen LogP contribution is 2.49. The molecule has 0 bridgehead atoms. The van der Waals surface area contributed by atoms with Gasteiger partial charge in [0.25, 0.3) is 0 Å². The van der Waals surface area contributed by atoms with Gasteiger partial charge in [0, 0.05) is 24.9 Å². The Morgan fingerprint density at radius 3 is 2.17 bits per heavy atom. The number of hydrogen-bond acceptors (Lipinski definition) is 3. The van der Waals surface area contributed by atoms with Crippen LogP contribution in [0.25, 0.3) is 0 Å². The minimum Gasteiger partial charge on any atom is -0.450 e. The van der Waals surface area contributed by atoms with Gasteiger partial charge in [-0.15, -0.1) is 0 Å². The molecule has 3 rings (SSSR count). The van der Waals surface area contributed by atoms with E-state index in [1.165, 1.54) is 0 Å². The fourth-order valence-electron chi connectivity index (χ4n) is 3.85. The molecule has 1 fully saturated rings. The van der Waals surface area contributed by atoms with Gasteiger partial charge >= 0.3 is 5.97 Å². The quantitative estimate of drug-likeness (QED) is 0.797. The second-order valence-corrected chi connectivity index (χ2v) is 7.32.